The van der Waals surface area contributed by atoms with Gasteiger partial charge in [-0.05, 0) is 47.9 Å². The van der Waals surface area contributed by atoms with Crippen LogP contribution in [-0.4, -0.2) is 11.2 Å². The summed E-state index contributed by atoms with van der Waals surface area (Å²) in [6.07, 6.45) is 1.23. The molecule has 3 rings (SSSR count). The van der Waals surface area contributed by atoms with E-state index in [1.165, 1.54) is 5.56 Å². The summed E-state index contributed by atoms with van der Waals surface area (Å²) in [6, 6.07) is 13.5. The highest BCUT2D eigenvalue weighted by molar-refractivity contribution is 6.30. The number of halogens is 1. The van der Waals surface area contributed by atoms with Crippen LogP contribution in [0.2, 0.25) is 5.02 Å². The second-order valence-corrected chi connectivity index (χ2v) is 5.78. The monoisotopic (exact) mass is 288 g/mol. The number of hydrogen-bond acceptors (Lipinski definition) is 2. The van der Waals surface area contributed by atoms with Crippen LogP contribution in [0.1, 0.15) is 29.7 Å². The van der Waals surface area contributed by atoms with Gasteiger partial charge < -0.3 is 9.84 Å². The molecule has 3 heteroatoms. The van der Waals surface area contributed by atoms with E-state index in [0.717, 1.165) is 23.3 Å². The van der Waals surface area contributed by atoms with Gasteiger partial charge in [-0.15, -0.1) is 0 Å². The molecular formula is C17H17ClO2. The smallest absolute Gasteiger partial charge is 0.123 e. The molecule has 1 aliphatic heterocycles. The molecule has 1 aliphatic rings. The van der Waals surface area contributed by atoms with Crippen LogP contribution in [0.4, 0.5) is 0 Å². The molecule has 104 valence electrons. The Balaban J connectivity index is 1.76. The summed E-state index contributed by atoms with van der Waals surface area (Å²) in [5.41, 5.74) is 3.20. The first-order valence-corrected chi connectivity index (χ1v) is 7.21. The fourth-order valence-corrected chi connectivity index (χ4v) is 2.74. The zero-order chi connectivity index (χ0) is 14.1. The Morgan fingerprint density at radius 3 is 2.75 bits per heavy atom. The van der Waals surface area contributed by atoms with Crippen LogP contribution in [0.5, 0.6) is 5.75 Å². The van der Waals surface area contributed by atoms with Crippen LogP contribution in [-0.2, 0) is 12.8 Å². The van der Waals surface area contributed by atoms with E-state index in [4.69, 9.17) is 16.3 Å². The van der Waals surface area contributed by atoms with Crippen molar-refractivity contribution in [3.63, 3.8) is 0 Å². The Morgan fingerprint density at radius 2 is 2.00 bits per heavy atom. The van der Waals surface area contributed by atoms with Crippen molar-refractivity contribution in [2.24, 2.45) is 0 Å². The Bertz CT molecular complexity index is 607. The van der Waals surface area contributed by atoms with Crippen molar-refractivity contribution >= 4 is 11.6 Å². The maximum atomic E-state index is 10.4. The van der Waals surface area contributed by atoms with E-state index in [9.17, 15) is 5.11 Å². The third kappa shape index (κ3) is 2.82. The van der Waals surface area contributed by atoms with Gasteiger partial charge in [0, 0.05) is 17.9 Å². The van der Waals surface area contributed by atoms with Crippen molar-refractivity contribution in [2.75, 3.05) is 0 Å². The number of rotatable bonds is 3. The number of aliphatic hydroxyl groups is 1. The van der Waals surface area contributed by atoms with Crippen molar-refractivity contribution in [3.8, 4) is 5.75 Å². The summed E-state index contributed by atoms with van der Waals surface area (Å²) in [5.74, 6) is 0.944. The van der Waals surface area contributed by atoms with Crippen LogP contribution in [0.3, 0.4) is 0 Å². The van der Waals surface area contributed by atoms with Crippen LogP contribution < -0.4 is 4.74 Å². The van der Waals surface area contributed by atoms with Gasteiger partial charge in [0.25, 0.3) is 0 Å². The molecule has 2 aromatic rings. The predicted molar refractivity (Wildman–Crippen MR) is 80.4 cm³/mol. The van der Waals surface area contributed by atoms with Crippen molar-refractivity contribution in [1.82, 2.24) is 0 Å². The fraction of sp³-hybridized carbons (Fsp3) is 0.294. The lowest BCUT2D eigenvalue weighted by atomic mass is 9.98. The summed E-state index contributed by atoms with van der Waals surface area (Å²) < 4.78 is 5.68. The quantitative estimate of drug-likeness (QED) is 0.927. The van der Waals surface area contributed by atoms with E-state index in [2.05, 4.69) is 13.0 Å². The summed E-state index contributed by atoms with van der Waals surface area (Å²) in [7, 11) is 0. The molecule has 0 saturated carbocycles. The molecule has 20 heavy (non-hydrogen) atoms. The first-order valence-electron chi connectivity index (χ1n) is 6.84. The lowest BCUT2D eigenvalue weighted by Crippen LogP contribution is -2.05. The van der Waals surface area contributed by atoms with E-state index in [0.29, 0.717) is 11.4 Å². The molecule has 2 aromatic carbocycles. The average Bonchev–Trinajstić information content (AvgIpc) is 2.80. The zero-order valence-corrected chi connectivity index (χ0v) is 12.1. The number of benzene rings is 2. The van der Waals surface area contributed by atoms with Crippen molar-refractivity contribution in [1.29, 1.82) is 0 Å². The topological polar surface area (TPSA) is 29.5 Å². The van der Waals surface area contributed by atoms with Gasteiger partial charge in [-0.2, -0.15) is 0 Å². The molecule has 0 bridgehead atoms. The number of ether oxygens (including phenoxy) is 1. The van der Waals surface area contributed by atoms with Gasteiger partial charge in [-0.1, -0.05) is 29.8 Å². The van der Waals surface area contributed by atoms with E-state index >= 15 is 0 Å². The highest BCUT2D eigenvalue weighted by atomic mass is 35.5. The van der Waals surface area contributed by atoms with Crippen LogP contribution in [0.25, 0.3) is 0 Å². The molecule has 0 amide bonds. The van der Waals surface area contributed by atoms with Crippen LogP contribution in [0, 0.1) is 0 Å². The third-order valence-corrected chi connectivity index (χ3v) is 3.90. The molecule has 0 radical (unpaired) electrons. The molecule has 0 aromatic heterocycles. The molecule has 0 spiro atoms. The minimum atomic E-state index is -0.502. The largest absolute Gasteiger partial charge is 0.490 e. The molecule has 2 nitrogen and oxygen atoms in total. The zero-order valence-electron chi connectivity index (χ0n) is 11.3. The van der Waals surface area contributed by atoms with Crippen molar-refractivity contribution in [2.45, 2.75) is 32.0 Å². The van der Waals surface area contributed by atoms with Crippen molar-refractivity contribution in [3.05, 3.63) is 64.2 Å². The first kappa shape index (κ1) is 13.5. The SMILES string of the molecule is CC1Cc2cc(C(O)Cc3ccc(Cl)cc3)ccc2O1. The van der Waals surface area contributed by atoms with E-state index in [-0.39, 0.29) is 6.10 Å². The van der Waals surface area contributed by atoms with Gasteiger partial charge in [0.05, 0.1) is 6.10 Å². The predicted octanol–water partition coefficient (Wildman–Crippen LogP) is 3.94. The number of hydrogen-bond donors (Lipinski definition) is 1. The lowest BCUT2D eigenvalue weighted by Gasteiger charge is -2.12. The first-order chi connectivity index (χ1) is 9.61. The highest BCUT2D eigenvalue weighted by Crippen LogP contribution is 2.31. The van der Waals surface area contributed by atoms with Gasteiger partial charge in [0.15, 0.2) is 0 Å². The highest BCUT2D eigenvalue weighted by Gasteiger charge is 2.20. The fourth-order valence-electron chi connectivity index (χ4n) is 2.61. The molecular weight excluding hydrogens is 272 g/mol. The van der Waals surface area contributed by atoms with Crippen LogP contribution in [0.15, 0.2) is 42.5 Å². The molecule has 1 N–H and O–H groups in total. The average molecular weight is 289 g/mol. The summed E-state index contributed by atoms with van der Waals surface area (Å²) in [6.45, 7) is 2.06. The standard InChI is InChI=1S/C17H17ClO2/c1-11-8-14-10-13(4-7-17(14)20-11)16(19)9-12-2-5-15(18)6-3-12/h2-7,10-11,16,19H,8-9H2,1H3. The maximum absolute atomic E-state index is 10.4. The minimum absolute atomic E-state index is 0.230. The second kappa shape index (κ2) is 5.47. The summed E-state index contributed by atoms with van der Waals surface area (Å²) in [5, 5.41) is 11.1. The molecule has 2 atom stereocenters. The number of fused-ring (bicyclic) bond motifs is 1. The Morgan fingerprint density at radius 1 is 1.25 bits per heavy atom. The van der Waals surface area contributed by atoms with Crippen LogP contribution >= 0.6 is 11.6 Å². The molecule has 0 fully saturated rings. The maximum Gasteiger partial charge on any atom is 0.123 e. The Kier molecular flexibility index (Phi) is 3.68. The normalized spacial score (nSPS) is 18.4. The van der Waals surface area contributed by atoms with Gasteiger partial charge in [-0.25, -0.2) is 0 Å². The van der Waals surface area contributed by atoms with Crippen molar-refractivity contribution < 1.29 is 9.84 Å². The third-order valence-electron chi connectivity index (χ3n) is 3.65. The Hall–Kier alpha value is -1.51. The molecule has 1 heterocycles. The molecule has 0 saturated heterocycles. The van der Waals surface area contributed by atoms with E-state index in [1.807, 2.05) is 36.4 Å². The van der Waals surface area contributed by atoms with Gasteiger partial charge in [0.1, 0.15) is 11.9 Å². The lowest BCUT2D eigenvalue weighted by molar-refractivity contribution is 0.178. The summed E-state index contributed by atoms with van der Waals surface area (Å²) >= 11 is 5.87. The van der Waals surface area contributed by atoms with Gasteiger partial charge in [-0.3, -0.25) is 0 Å². The second-order valence-electron chi connectivity index (χ2n) is 5.35. The van der Waals surface area contributed by atoms with E-state index < -0.39 is 6.10 Å². The Labute approximate surface area is 124 Å². The number of aliphatic hydroxyl groups excluding tert-OH is 1. The molecule has 0 aliphatic carbocycles. The minimum Gasteiger partial charge on any atom is -0.490 e. The molecule has 2 unspecified atom stereocenters. The van der Waals surface area contributed by atoms with E-state index in [1.54, 1.807) is 0 Å². The van der Waals surface area contributed by atoms with Gasteiger partial charge in [0.2, 0.25) is 0 Å². The van der Waals surface area contributed by atoms with Gasteiger partial charge >= 0.3 is 0 Å². The summed E-state index contributed by atoms with van der Waals surface area (Å²) in [4.78, 5) is 0.